The molecule has 0 radical (unpaired) electrons. The van der Waals surface area contributed by atoms with E-state index in [9.17, 15) is 39.5 Å². The van der Waals surface area contributed by atoms with E-state index in [1.807, 2.05) is 0 Å². The molecule has 0 atom stereocenters. The molecule has 0 aliphatic rings. The summed E-state index contributed by atoms with van der Waals surface area (Å²) in [6, 6.07) is 11.4. The van der Waals surface area contributed by atoms with Gasteiger partial charge < -0.3 is 4.74 Å². The second-order valence-corrected chi connectivity index (χ2v) is 8.76. The Morgan fingerprint density at radius 2 is 1.20 bits per heavy atom. The van der Waals surface area contributed by atoms with Gasteiger partial charge in [-0.1, -0.05) is 43.3 Å². The van der Waals surface area contributed by atoms with Crippen LogP contribution in [0.5, 0.6) is 5.75 Å². The van der Waals surface area contributed by atoms with Crippen molar-refractivity contribution in [1.29, 1.82) is 0 Å². The molecule has 4 rings (SSSR count). The van der Waals surface area contributed by atoms with Crippen LogP contribution in [0.2, 0.25) is 0 Å². The number of alkyl halides is 2. The molecule has 0 N–H and O–H groups in total. The van der Waals surface area contributed by atoms with Crippen LogP contribution in [0, 0.1) is 29.1 Å². The normalized spacial score (nSPS) is 12.3. The zero-order valence-corrected chi connectivity index (χ0v) is 20.7. The van der Waals surface area contributed by atoms with Gasteiger partial charge in [0, 0.05) is 24.1 Å². The fourth-order valence-corrected chi connectivity index (χ4v) is 3.94. The lowest BCUT2D eigenvalue weighted by molar-refractivity contribution is -0.185. The lowest BCUT2D eigenvalue weighted by Crippen LogP contribution is -2.22. The van der Waals surface area contributed by atoms with Crippen LogP contribution >= 0.6 is 0 Å². The average molecular weight is 566 g/mol. The van der Waals surface area contributed by atoms with E-state index in [1.165, 1.54) is 24.3 Å². The molecule has 4 aromatic rings. The van der Waals surface area contributed by atoms with Gasteiger partial charge in [-0.15, -0.1) is 0 Å². The summed E-state index contributed by atoms with van der Waals surface area (Å²) in [6.07, 6.45) is -3.78. The first-order valence-corrected chi connectivity index (χ1v) is 11.9. The van der Waals surface area contributed by atoms with Gasteiger partial charge in [-0.25, -0.2) is 30.7 Å². The summed E-state index contributed by atoms with van der Waals surface area (Å²) in [6.45, 7) is 1.70. The number of benzene rings is 4. The lowest BCUT2D eigenvalue weighted by atomic mass is 9.97. The van der Waals surface area contributed by atoms with E-state index in [1.54, 1.807) is 6.92 Å². The van der Waals surface area contributed by atoms with Crippen molar-refractivity contribution in [2.45, 2.75) is 25.9 Å². The minimum absolute atomic E-state index is 0.0252. The predicted molar refractivity (Wildman–Crippen MR) is 132 cm³/mol. The van der Waals surface area contributed by atoms with Crippen LogP contribution in [0.3, 0.4) is 0 Å². The van der Waals surface area contributed by atoms with Gasteiger partial charge in [-0.2, -0.15) is 8.78 Å². The number of hydrogen-bond acceptors (Lipinski definition) is 1. The van der Waals surface area contributed by atoms with Crippen molar-refractivity contribution >= 4 is 5.83 Å². The maximum Gasteiger partial charge on any atom is 0.426 e. The van der Waals surface area contributed by atoms with Gasteiger partial charge in [0.05, 0.1) is 11.1 Å². The van der Waals surface area contributed by atoms with E-state index in [2.05, 4.69) is 4.74 Å². The molecule has 0 aromatic heterocycles. The van der Waals surface area contributed by atoms with Crippen molar-refractivity contribution in [1.82, 2.24) is 0 Å². The second kappa shape index (κ2) is 11.5. The Bertz CT molecular complexity index is 1510. The van der Waals surface area contributed by atoms with E-state index in [4.69, 9.17) is 0 Å². The Hall–Kier alpha value is -4.21. The third-order valence-corrected chi connectivity index (χ3v) is 5.93. The molecule has 0 aliphatic carbocycles. The Morgan fingerprint density at radius 1 is 0.675 bits per heavy atom. The monoisotopic (exact) mass is 566 g/mol. The zero-order chi connectivity index (χ0) is 29.2. The molecule has 0 saturated carbocycles. The lowest BCUT2D eigenvalue weighted by Gasteiger charge is -2.19. The third-order valence-electron chi connectivity index (χ3n) is 5.93. The fraction of sp³-hybridized carbons (Fsp3) is 0.133. The molecular formula is C30H19F9O. The van der Waals surface area contributed by atoms with Crippen LogP contribution in [0.15, 0.2) is 78.6 Å². The number of rotatable bonds is 8. The second-order valence-electron chi connectivity index (χ2n) is 8.76. The molecule has 0 unspecified atom stereocenters. The first-order valence-electron chi connectivity index (χ1n) is 11.9. The van der Waals surface area contributed by atoms with Crippen molar-refractivity contribution in [2.24, 2.45) is 0 Å². The number of halogens is 9. The molecule has 0 spiro atoms. The summed E-state index contributed by atoms with van der Waals surface area (Å²) in [5.41, 5.74) is -1.04. The van der Waals surface area contributed by atoms with Crippen LogP contribution in [-0.2, 0) is 6.11 Å². The average Bonchev–Trinajstić information content (AvgIpc) is 2.91. The van der Waals surface area contributed by atoms with Gasteiger partial charge in [0.2, 0.25) is 0 Å². The Kier molecular flexibility index (Phi) is 8.27. The van der Waals surface area contributed by atoms with Crippen molar-refractivity contribution < 1.29 is 44.3 Å². The third kappa shape index (κ3) is 6.00. The van der Waals surface area contributed by atoms with Crippen molar-refractivity contribution in [2.75, 3.05) is 0 Å². The smallest absolute Gasteiger partial charge is 0.426 e. The van der Waals surface area contributed by atoms with Gasteiger partial charge in [0.25, 0.3) is 0 Å². The highest BCUT2D eigenvalue weighted by molar-refractivity contribution is 5.73. The molecule has 1 nitrogen and oxygen atoms in total. The topological polar surface area (TPSA) is 9.23 Å². The van der Waals surface area contributed by atoms with Crippen molar-refractivity contribution in [3.05, 3.63) is 119 Å². The number of hydrogen-bond donors (Lipinski definition) is 0. The van der Waals surface area contributed by atoms with Crippen LogP contribution in [0.25, 0.3) is 28.1 Å². The van der Waals surface area contributed by atoms with E-state index < -0.39 is 63.7 Å². The molecule has 208 valence electrons. The molecule has 4 aromatic carbocycles. The summed E-state index contributed by atoms with van der Waals surface area (Å²) in [4.78, 5) is 0. The summed E-state index contributed by atoms with van der Waals surface area (Å²) >= 11 is 0. The number of allylic oxidation sites excluding steroid dienone is 1. The van der Waals surface area contributed by atoms with Crippen LogP contribution in [0.1, 0.15) is 30.9 Å². The van der Waals surface area contributed by atoms with Crippen molar-refractivity contribution in [3.63, 3.8) is 0 Å². The summed E-state index contributed by atoms with van der Waals surface area (Å²) < 4.78 is 131. The molecule has 0 heterocycles. The quantitative estimate of drug-likeness (QED) is 0.152. The van der Waals surface area contributed by atoms with Gasteiger partial charge in [-0.05, 0) is 47.4 Å². The summed E-state index contributed by atoms with van der Waals surface area (Å²) in [7, 11) is 0. The zero-order valence-electron chi connectivity index (χ0n) is 20.7. The Balaban J connectivity index is 1.57. The largest absolute Gasteiger partial charge is 0.429 e. The molecule has 0 bridgehead atoms. The SMILES string of the molecule is CCCC(F)=C(F)c1ccc(-c2cc(F)c(-c3ccc(C(F)(F)Oc4cc(F)c(F)c(F)c4)cc3)c(F)c2)cc1. The van der Waals surface area contributed by atoms with Crippen LogP contribution in [-0.4, -0.2) is 0 Å². The summed E-state index contributed by atoms with van der Waals surface area (Å²) in [5.74, 6) is -10.2. The maximum atomic E-state index is 15.0. The van der Waals surface area contributed by atoms with Crippen molar-refractivity contribution in [3.8, 4) is 28.0 Å². The predicted octanol–water partition coefficient (Wildman–Crippen LogP) is 10.3. The Morgan fingerprint density at radius 3 is 1.73 bits per heavy atom. The molecule has 0 aliphatic heterocycles. The molecule has 40 heavy (non-hydrogen) atoms. The van der Waals surface area contributed by atoms with E-state index in [-0.39, 0.29) is 35.2 Å². The molecule has 0 amide bonds. The Labute approximate surface area is 223 Å². The van der Waals surface area contributed by atoms with Gasteiger partial charge in [-0.3, -0.25) is 0 Å². The first kappa shape index (κ1) is 28.8. The molecule has 10 heteroatoms. The van der Waals surface area contributed by atoms with Crippen LogP contribution < -0.4 is 4.74 Å². The summed E-state index contributed by atoms with van der Waals surface area (Å²) in [5, 5.41) is 0. The molecule has 0 fully saturated rings. The molecule has 0 saturated heterocycles. The van der Waals surface area contributed by atoms with E-state index >= 15 is 0 Å². The first-order chi connectivity index (χ1) is 18.9. The standard InChI is InChI=1S/C30H19F9O/c1-2-3-22(31)28(36)18-6-4-16(5-7-18)19-12-23(32)27(24(33)13-19)17-8-10-20(11-9-17)30(38,39)40-21-14-25(34)29(37)26(35)15-21/h4-15H,2-3H2,1H3. The van der Waals surface area contributed by atoms with E-state index in [0.717, 1.165) is 36.4 Å². The van der Waals surface area contributed by atoms with E-state index in [0.29, 0.717) is 12.0 Å². The number of ether oxygens (including phenoxy) is 1. The highest BCUT2D eigenvalue weighted by atomic mass is 19.3. The molecular weight excluding hydrogens is 547 g/mol. The van der Waals surface area contributed by atoms with Gasteiger partial charge >= 0.3 is 6.11 Å². The van der Waals surface area contributed by atoms with Gasteiger partial charge in [0.15, 0.2) is 23.3 Å². The minimum atomic E-state index is -4.13. The highest BCUT2D eigenvalue weighted by Gasteiger charge is 2.35. The minimum Gasteiger partial charge on any atom is -0.429 e. The maximum absolute atomic E-state index is 15.0. The van der Waals surface area contributed by atoms with Crippen LogP contribution in [0.4, 0.5) is 39.5 Å². The highest BCUT2D eigenvalue weighted by Crippen LogP contribution is 2.36. The fourth-order valence-electron chi connectivity index (χ4n) is 3.94. The van der Waals surface area contributed by atoms with Gasteiger partial charge in [0.1, 0.15) is 23.2 Å².